The van der Waals surface area contributed by atoms with Crippen LogP contribution in [0.5, 0.6) is 17.2 Å². The summed E-state index contributed by atoms with van der Waals surface area (Å²) in [6.45, 7) is -0.426. The van der Waals surface area contributed by atoms with E-state index in [9.17, 15) is 23.6 Å². The summed E-state index contributed by atoms with van der Waals surface area (Å²) in [4.78, 5) is 51.0. The van der Waals surface area contributed by atoms with Gasteiger partial charge in [0.15, 0.2) is 18.1 Å². The van der Waals surface area contributed by atoms with Crippen molar-refractivity contribution < 1.29 is 37.8 Å². The fourth-order valence-electron chi connectivity index (χ4n) is 3.58. The number of benzene rings is 3. The standard InChI is InChI=1S/C27H22FN3O7/c1-36-18-10-8-17(9-11-18)31-26(34)19(25(33)30-27(31)35)13-16-7-12-22(23(14-16)37-2)38-15-24(32)29-21-6-4-3-5-20(21)28/h3-14H,15H2,1-2H3,(H,29,32)(H,30,33,35)/b19-13+. The first kappa shape index (κ1) is 25.9. The number of halogens is 1. The topological polar surface area (TPSA) is 123 Å². The number of carbonyl (C=O) groups excluding carboxylic acids is 4. The number of para-hydroxylation sites is 1. The van der Waals surface area contributed by atoms with Gasteiger partial charge >= 0.3 is 6.03 Å². The van der Waals surface area contributed by atoms with Gasteiger partial charge in [0.05, 0.1) is 25.6 Å². The molecule has 0 bridgehead atoms. The van der Waals surface area contributed by atoms with Crippen molar-refractivity contribution in [3.05, 3.63) is 83.7 Å². The zero-order valence-corrected chi connectivity index (χ0v) is 20.3. The molecule has 0 aromatic heterocycles. The third-order valence-electron chi connectivity index (χ3n) is 5.44. The van der Waals surface area contributed by atoms with Gasteiger partial charge in [-0.3, -0.25) is 19.7 Å². The number of urea groups is 1. The minimum atomic E-state index is -0.877. The summed E-state index contributed by atoms with van der Waals surface area (Å²) in [7, 11) is 2.86. The Labute approximate surface area is 216 Å². The molecule has 4 rings (SSSR count). The highest BCUT2D eigenvalue weighted by atomic mass is 19.1. The average molecular weight is 519 g/mol. The molecule has 194 valence electrons. The third-order valence-corrected chi connectivity index (χ3v) is 5.44. The summed E-state index contributed by atoms with van der Waals surface area (Å²) in [5, 5.41) is 4.56. The van der Waals surface area contributed by atoms with Gasteiger partial charge in [-0.25, -0.2) is 14.1 Å². The molecule has 3 aromatic carbocycles. The molecule has 3 aromatic rings. The van der Waals surface area contributed by atoms with Gasteiger partial charge in [-0.1, -0.05) is 18.2 Å². The number of hydrogen-bond donors (Lipinski definition) is 2. The molecule has 0 spiro atoms. The van der Waals surface area contributed by atoms with Crippen molar-refractivity contribution in [3.63, 3.8) is 0 Å². The molecule has 11 heteroatoms. The van der Waals surface area contributed by atoms with Gasteiger partial charge in [-0.05, 0) is 60.2 Å². The van der Waals surface area contributed by atoms with Crippen molar-refractivity contribution in [2.24, 2.45) is 0 Å². The van der Waals surface area contributed by atoms with Crippen LogP contribution in [0.4, 0.5) is 20.6 Å². The first-order valence-electron chi connectivity index (χ1n) is 11.2. The average Bonchev–Trinajstić information content (AvgIpc) is 2.91. The Morgan fingerprint density at radius 2 is 1.71 bits per heavy atom. The molecule has 1 heterocycles. The number of rotatable bonds is 8. The Morgan fingerprint density at radius 3 is 2.39 bits per heavy atom. The molecular weight excluding hydrogens is 497 g/mol. The van der Waals surface area contributed by atoms with Crippen LogP contribution in [-0.2, 0) is 14.4 Å². The summed E-state index contributed by atoms with van der Waals surface area (Å²) in [6.07, 6.45) is 1.30. The second-order valence-electron chi connectivity index (χ2n) is 7.88. The molecular formula is C27H22FN3O7. The molecule has 0 radical (unpaired) electrons. The number of methoxy groups -OCH3 is 2. The Morgan fingerprint density at radius 1 is 0.974 bits per heavy atom. The van der Waals surface area contributed by atoms with E-state index >= 15 is 0 Å². The van der Waals surface area contributed by atoms with Crippen LogP contribution in [0.15, 0.2) is 72.3 Å². The van der Waals surface area contributed by atoms with Gasteiger partial charge in [0, 0.05) is 0 Å². The van der Waals surface area contributed by atoms with Crippen LogP contribution >= 0.6 is 0 Å². The summed E-state index contributed by atoms with van der Waals surface area (Å²) in [5.41, 5.74) is 0.391. The lowest BCUT2D eigenvalue weighted by Crippen LogP contribution is -2.54. The Bertz CT molecular complexity index is 1440. The smallest absolute Gasteiger partial charge is 0.335 e. The largest absolute Gasteiger partial charge is 0.497 e. The quantitative estimate of drug-likeness (QED) is 0.345. The van der Waals surface area contributed by atoms with Gasteiger partial charge in [-0.15, -0.1) is 0 Å². The lowest BCUT2D eigenvalue weighted by Gasteiger charge is -2.26. The molecule has 0 saturated carbocycles. The molecule has 10 nitrogen and oxygen atoms in total. The molecule has 2 N–H and O–H groups in total. The SMILES string of the molecule is COc1ccc(N2C(=O)NC(=O)/C(=C\c3ccc(OCC(=O)Nc4ccccc4F)c(OC)c3)C2=O)cc1. The highest BCUT2D eigenvalue weighted by Crippen LogP contribution is 2.30. The monoisotopic (exact) mass is 519 g/mol. The number of barbiturate groups is 1. The van der Waals surface area contributed by atoms with Crippen LogP contribution in [0.2, 0.25) is 0 Å². The molecule has 1 aliphatic heterocycles. The number of carbonyl (C=O) groups is 4. The number of amides is 5. The van der Waals surface area contributed by atoms with Crippen LogP contribution in [-0.4, -0.2) is 44.6 Å². The summed E-state index contributed by atoms with van der Waals surface area (Å²) in [6, 6.07) is 15.5. The molecule has 5 amide bonds. The zero-order chi connectivity index (χ0) is 27.2. The molecule has 38 heavy (non-hydrogen) atoms. The normalized spacial score (nSPS) is 14.2. The Balaban J connectivity index is 1.51. The number of nitrogens with zero attached hydrogens (tertiary/aromatic N) is 1. The first-order valence-corrected chi connectivity index (χ1v) is 11.2. The summed E-state index contributed by atoms with van der Waals surface area (Å²) >= 11 is 0. The van der Waals surface area contributed by atoms with E-state index in [0.29, 0.717) is 11.3 Å². The van der Waals surface area contributed by atoms with E-state index in [1.165, 1.54) is 68.8 Å². The fourth-order valence-corrected chi connectivity index (χ4v) is 3.58. The van der Waals surface area contributed by atoms with Gasteiger partial charge in [-0.2, -0.15) is 0 Å². The van der Waals surface area contributed by atoms with Crippen molar-refractivity contribution in [1.82, 2.24) is 5.32 Å². The molecule has 0 aliphatic carbocycles. The highest BCUT2D eigenvalue weighted by molar-refractivity contribution is 6.39. The van der Waals surface area contributed by atoms with E-state index in [2.05, 4.69) is 10.6 Å². The molecule has 1 saturated heterocycles. The Hall–Kier alpha value is -5.19. The Kier molecular flexibility index (Phi) is 7.66. The van der Waals surface area contributed by atoms with Crippen LogP contribution in [0.1, 0.15) is 5.56 Å². The summed E-state index contributed by atoms with van der Waals surface area (Å²) < 4.78 is 29.7. The van der Waals surface area contributed by atoms with Crippen LogP contribution in [0.3, 0.4) is 0 Å². The van der Waals surface area contributed by atoms with Gasteiger partial charge in [0.25, 0.3) is 17.7 Å². The van der Waals surface area contributed by atoms with E-state index in [-0.39, 0.29) is 28.4 Å². The predicted octanol–water partition coefficient (Wildman–Crippen LogP) is 3.53. The maximum absolute atomic E-state index is 13.7. The van der Waals surface area contributed by atoms with E-state index in [4.69, 9.17) is 14.2 Å². The fraction of sp³-hybridized carbons (Fsp3) is 0.111. The van der Waals surface area contributed by atoms with Crippen molar-refractivity contribution in [1.29, 1.82) is 0 Å². The number of ether oxygens (including phenoxy) is 3. The number of anilines is 2. The van der Waals surface area contributed by atoms with E-state index in [0.717, 1.165) is 4.90 Å². The second-order valence-corrected chi connectivity index (χ2v) is 7.88. The molecule has 0 atom stereocenters. The van der Waals surface area contributed by atoms with Crippen molar-refractivity contribution in [3.8, 4) is 17.2 Å². The van der Waals surface area contributed by atoms with Gasteiger partial charge < -0.3 is 19.5 Å². The lowest BCUT2D eigenvalue weighted by molar-refractivity contribution is -0.122. The second kappa shape index (κ2) is 11.2. The number of hydrogen-bond acceptors (Lipinski definition) is 7. The van der Waals surface area contributed by atoms with E-state index < -0.39 is 36.2 Å². The van der Waals surface area contributed by atoms with Crippen molar-refractivity contribution in [2.75, 3.05) is 31.0 Å². The van der Waals surface area contributed by atoms with Crippen LogP contribution in [0, 0.1) is 5.82 Å². The van der Waals surface area contributed by atoms with Crippen molar-refractivity contribution in [2.45, 2.75) is 0 Å². The van der Waals surface area contributed by atoms with Crippen molar-refractivity contribution >= 4 is 41.2 Å². The third kappa shape index (κ3) is 5.62. The molecule has 0 unspecified atom stereocenters. The van der Waals surface area contributed by atoms with Gasteiger partial charge in [0.1, 0.15) is 17.1 Å². The van der Waals surface area contributed by atoms with Crippen LogP contribution in [0.25, 0.3) is 6.08 Å². The minimum absolute atomic E-state index is 0.0210. The number of imide groups is 2. The van der Waals surface area contributed by atoms with Crippen LogP contribution < -0.4 is 29.7 Å². The minimum Gasteiger partial charge on any atom is -0.497 e. The highest BCUT2D eigenvalue weighted by Gasteiger charge is 2.36. The number of nitrogens with one attached hydrogen (secondary N) is 2. The van der Waals surface area contributed by atoms with E-state index in [1.54, 1.807) is 18.2 Å². The molecule has 1 aliphatic rings. The first-order chi connectivity index (χ1) is 18.3. The maximum Gasteiger partial charge on any atom is 0.335 e. The lowest BCUT2D eigenvalue weighted by atomic mass is 10.1. The summed E-state index contributed by atoms with van der Waals surface area (Å²) in [5.74, 6) is -1.88. The predicted molar refractivity (Wildman–Crippen MR) is 136 cm³/mol. The zero-order valence-electron chi connectivity index (χ0n) is 20.3. The molecule has 1 fully saturated rings. The van der Waals surface area contributed by atoms with E-state index in [1.807, 2.05) is 0 Å². The maximum atomic E-state index is 13.7. The van der Waals surface area contributed by atoms with Gasteiger partial charge in [0.2, 0.25) is 0 Å².